The van der Waals surface area contributed by atoms with E-state index in [4.69, 9.17) is 17.3 Å². The molecule has 43 heavy (non-hydrogen) atoms. The number of hydrogen-bond donors (Lipinski definition) is 6. The van der Waals surface area contributed by atoms with Crippen LogP contribution in [-0.2, 0) is 20.2 Å². The van der Waals surface area contributed by atoms with E-state index in [2.05, 4.69) is 30.5 Å². The largest absolute Gasteiger partial charge is 0.506 e. The first-order valence-corrected chi connectivity index (χ1v) is 15.2. The highest BCUT2D eigenvalue weighted by Crippen LogP contribution is 2.45. The van der Waals surface area contributed by atoms with Gasteiger partial charge in [0.1, 0.15) is 32.7 Å². The Kier molecular flexibility index (Phi) is 7.31. The van der Waals surface area contributed by atoms with Crippen molar-refractivity contribution in [2.45, 2.75) is 23.6 Å². The molecule has 0 radical (unpaired) electrons. The van der Waals surface area contributed by atoms with Gasteiger partial charge < -0.3 is 21.3 Å². The van der Waals surface area contributed by atoms with Gasteiger partial charge >= 0.3 is 0 Å². The zero-order valence-corrected chi connectivity index (χ0v) is 24.4. The van der Waals surface area contributed by atoms with Gasteiger partial charge in [-0.2, -0.15) is 26.8 Å². The van der Waals surface area contributed by atoms with Crippen LogP contribution in [0.4, 0.5) is 28.7 Å². The monoisotopic (exact) mass is 645 g/mol. The molecule has 0 saturated carbocycles. The van der Waals surface area contributed by atoms with Gasteiger partial charge in [0, 0.05) is 33.6 Å². The van der Waals surface area contributed by atoms with E-state index in [1.165, 1.54) is 37.3 Å². The molecule has 4 aromatic carbocycles. The van der Waals surface area contributed by atoms with Crippen molar-refractivity contribution in [3.8, 4) is 11.5 Å². The topological polar surface area (TPSA) is 251 Å². The van der Waals surface area contributed by atoms with Gasteiger partial charge in [-0.1, -0.05) is 6.07 Å². The summed E-state index contributed by atoms with van der Waals surface area (Å²) in [5.74, 6) is -0.864. The van der Waals surface area contributed by atoms with E-state index in [1.807, 2.05) is 0 Å². The maximum Gasteiger partial charge on any atom is 0.295 e. The van der Waals surface area contributed by atoms with E-state index in [0.717, 1.165) is 12.1 Å². The summed E-state index contributed by atoms with van der Waals surface area (Å²) >= 11 is 5.88. The number of benzene rings is 4. The molecule has 0 atom stereocenters. The Bertz CT molecular complexity index is 2230. The van der Waals surface area contributed by atoms with Gasteiger partial charge in [0.05, 0.1) is 5.39 Å². The van der Waals surface area contributed by atoms with Crippen LogP contribution in [0.2, 0.25) is 5.28 Å². The molecule has 0 unspecified atom stereocenters. The number of halogens is 1. The minimum atomic E-state index is -4.84. The summed E-state index contributed by atoms with van der Waals surface area (Å²) in [5.41, 5.74) is 6.23. The van der Waals surface area contributed by atoms with Crippen molar-refractivity contribution < 1.29 is 36.2 Å². The number of nitrogens with two attached hydrogens (primary N) is 1. The second kappa shape index (κ2) is 10.5. The van der Waals surface area contributed by atoms with Crippen LogP contribution in [0.5, 0.6) is 11.5 Å². The molecule has 0 bridgehead atoms. The predicted octanol–water partition coefficient (Wildman–Crippen LogP) is 5.09. The number of hydrogen-bond acceptors (Lipinski definition) is 13. The summed E-state index contributed by atoms with van der Waals surface area (Å²) in [6, 6.07) is 8.60. The zero-order chi connectivity index (χ0) is 31.4. The van der Waals surface area contributed by atoms with Crippen molar-refractivity contribution in [3.63, 3.8) is 0 Å². The van der Waals surface area contributed by atoms with Gasteiger partial charge in [0.2, 0.25) is 11.2 Å². The summed E-state index contributed by atoms with van der Waals surface area (Å²) in [6.07, 6.45) is 0. The van der Waals surface area contributed by atoms with Gasteiger partial charge in [-0.3, -0.25) is 9.11 Å². The lowest BCUT2D eigenvalue weighted by Gasteiger charge is -2.13. The quantitative estimate of drug-likeness (QED) is 0.0800. The van der Waals surface area contributed by atoms with E-state index >= 15 is 0 Å². The molecule has 18 heteroatoms. The second-order valence-corrected chi connectivity index (χ2v) is 12.3. The molecule has 0 aliphatic heterocycles. The Morgan fingerprint density at radius 2 is 1.49 bits per heavy atom. The molecule has 0 spiro atoms. The molecule has 0 amide bonds. The molecular weight excluding hydrogens is 626 g/mol. The van der Waals surface area contributed by atoms with Gasteiger partial charge in [-0.15, -0.1) is 10.2 Å². The number of rotatable bonds is 6. The minimum Gasteiger partial charge on any atom is -0.506 e. The lowest BCUT2D eigenvalue weighted by molar-refractivity contribution is 0.468. The van der Waals surface area contributed by atoms with Crippen LogP contribution in [0.15, 0.2) is 62.5 Å². The zero-order valence-electron chi connectivity index (χ0n) is 22.0. The average Bonchev–Trinajstić information content (AvgIpc) is 2.88. The van der Waals surface area contributed by atoms with Crippen LogP contribution in [0, 0.1) is 13.8 Å². The van der Waals surface area contributed by atoms with E-state index in [1.54, 1.807) is 6.92 Å². The second-order valence-electron chi connectivity index (χ2n) is 9.21. The fourth-order valence-electron chi connectivity index (χ4n) is 4.40. The van der Waals surface area contributed by atoms with Gasteiger partial charge in [0.15, 0.2) is 5.75 Å². The lowest BCUT2D eigenvalue weighted by atomic mass is 10.0. The van der Waals surface area contributed by atoms with Gasteiger partial charge in [-0.05, 0) is 61.3 Å². The molecule has 15 nitrogen and oxygen atoms in total. The summed E-state index contributed by atoms with van der Waals surface area (Å²) < 4.78 is 67.7. The summed E-state index contributed by atoms with van der Waals surface area (Å²) in [4.78, 5) is 10.8. The fourth-order valence-corrected chi connectivity index (χ4v) is 6.08. The smallest absolute Gasteiger partial charge is 0.295 e. The Labute approximate surface area is 248 Å². The molecule has 222 valence electrons. The lowest BCUT2D eigenvalue weighted by Crippen LogP contribution is -2.02. The predicted molar refractivity (Wildman–Crippen MR) is 157 cm³/mol. The van der Waals surface area contributed by atoms with Crippen LogP contribution >= 0.6 is 11.6 Å². The Morgan fingerprint density at radius 1 is 0.837 bits per heavy atom. The molecule has 0 saturated heterocycles. The summed E-state index contributed by atoms with van der Waals surface area (Å²) in [7, 11) is -9.51. The number of aryl methyl sites for hydroxylation is 2. The van der Waals surface area contributed by atoms with E-state index in [9.17, 15) is 36.2 Å². The number of nitrogen functional groups attached to an aromatic ring is 1. The highest BCUT2D eigenvalue weighted by Gasteiger charge is 2.23. The van der Waals surface area contributed by atoms with Crippen molar-refractivity contribution >= 4 is 82.1 Å². The number of phenolic OH excluding ortho intramolecular Hbond substituents is 2. The molecule has 1 aromatic heterocycles. The number of phenols is 2. The van der Waals surface area contributed by atoms with Gasteiger partial charge in [-0.25, -0.2) is 4.98 Å². The van der Waals surface area contributed by atoms with Crippen LogP contribution in [0.3, 0.4) is 0 Å². The third kappa shape index (κ3) is 5.71. The van der Waals surface area contributed by atoms with Crippen molar-refractivity contribution in [2.75, 3.05) is 11.1 Å². The highest BCUT2D eigenvalue weighted by atomic mass is 35.5. The van der Waals surface area contributed by atoms with E-state index in [-0.39, 0.29) is 61.1 Å². The van der Waals surface area contributed by atoms with Crippen molar-refractivity contribution in [1.82, 2.24) is 15.0 Å². The molecular formula is C25H20ClN7O8S2. The highest BCUT2D eigenvalue weighted by molar-refractivity contribution is 7.86. The number of fused-ring (bicyclic) bond motifs is 2. The maximum absolute atomic E-state index is 12.2. The molecule has 0 fully saturated rings. The van der Waals surface area contributed by atoms with Crippen molar-refractivity contribution in [2.24, 2.45) is 10.2 Å². The fraction of sp³-hybridized carbons (Fsp3) is 0.0800. The molecule has 5 rings (SSSR count). The molecule has 1 heterocycles. The van der Waals surface area contributed by atoms with Crippen LogP contribution in [0.25, 0.3) is 21.5 Å². The number of anilines is 3. The van der Waals surface area contributed by atoms with Crippen LogP contribution in [0.1, 0.15) is 11.4 Å². The van der Waals surface area contributed by atoms with Crippen molar-refractivity contribution in [3.05, 3.63) is 59.1 Å². The Hall–Kier alpha value is -4.68. The van der Waals surface area contributed by atoms with Gasteiger partial charge in [0.25, 0.3) is 20.2 Å². The average molecular weight is 646 g/mol. The normalized spacial score (nSPS) is 12.4. The molecule has 0 aliphatic rings. The molecule has 0 aliphatic carbocycles. The Morgan fingerprint density at radius 3 is 2.14 bits per heavy atom. The first-order valence-electron chi connectivity index (χ1n) is 11.9. The number of aromatic nitrogens is 3. The molecule has 5 aromatic rings. The van der Waals surface area contributed by atoms with Crippen molar-refractivity contribution in [1.29, 1.82) is 0 Å². The first kappa shape index (κ1) is 29.8. The number of nitrogens with one attached hydrogen (secondary N) is 1. The summed E-state index contributed by atoms with van der Waals surface area (Å²) in [5, 5.41) is 32.2. The number of nitrogens with zero attached hydrogens (tertiary/aromatic N) is 5. The SMILES string of the molecule is Cc1nc(Cl)nc(Nc2ccc3c(N=Nc4ccc5c(S(=O)(=O)O)cc(C)c(N)c5c4O)c(O)cc(S(=O)(=O)O)c3c2)n1. The summed E-state index contributed by atoms with van der Waals surface area (Å²) in [6.45, 7) is 3.07. The minimum absolute atomic E-state index is 0.0254. The third-order valence-corrected chi connectivity index (χ3v) is 8.26. The molecule has 7 N–H and O–H groups in total. The van der Waals surface area contributed by atoms with Crippen LogP contribution in [-0.4, -0.2) is 51.1 Å². The maximum atomic E-state index is 12.2. The standard InChI is InChI=1S/C25H20ClN7O8S2/c1-10-7-18(42(36,37)38)14-5-6-16(23(35)20(14)21(10)27)32-33-22-13-4-3-12(30-25-29-11(2)28-24(26)31-25)8-15(13)19(9-17(22)34)43(39,40)41/h3-9,34-35H,27H2,1-2H3,(H,36,37,38)(H,39,40,41)(H,28,29,30,31). The van der Waals surface area contributed by atoms with Crippen LogP contribution < -0.4 is 11.1 Å². The first-order chi connectivity index (χ1) is 20.0. The number of azo groups is 1. The number of aromatic hydroxyl groups is 2. The third-order valence-electron chi connectivity index (χ3n) is 6.30. The van der Waals surface area contributed by atoms with E-state index in [0.29, 0.717) is 5.82 Å². The Balaban J connectivity index is 1.67. The van der Waals surface area contributed by atoms with E-state index < -0.39 is 41.5 Å².